The third kappa shape index (κ3) is 2.81. The number of aliphatic hydroxyl groups is 1. The summed E-state index contributed by atoms with van der Waals surface area (Å²) in [6, 6.07) is 0. The van der Waals surface area contributed by atoms with Crippen molar-refractivity contribution in [2.24, 2.45) is 5.41 Å². The summed E-state index contributed by atoms with van der Waals surface area (Å²) >= 11 is 0. The number of hydrogen-bond donors (Lipinski definition) is 1. The third-order valence-electron chi connectivity index (χ3n) is 4.27. The van der Waals surface area contributed by atoms with E-state index in [1.807, 2.05) is 33.8 Å². The Labute approximate surface area is 138 Å². The number of allylic oxidation sites excluding steroid dienone is 1. The summed E-state index contributed by atoms with van der Waals surface area (Å²) < 4.78 is 16.9. The maximum atomic E-state index is 12.7. The Kier molecular flexibility index (Phi) is 4.66. The molecule has 2 aliphatic rings. The van der Waals surface area contributed by atoms with Crippen molar-refractivity contribution in [1.82, 2.24) is 0 Å². The summed E-state index contributed by atoms with van der Waals surface area (Å²) in [4.78, 5) is 12.7. The fraction of sp³-hybridized carbons (Fsp3) is 0.722. The van der Waals surface area contributed by atoms with Gasteiger partial charge in [-0.1, -0.05) is 19.9 Å². The van der Waals surface area contributed by atoms with Gasteiger partial charge in [0.1, 0.15) is 0 Å². The standard InChI is InChI=1S/C18H28O5/c1-10(2)22-13-14(19)18(20,16(13)23-11(3)4)12-8-9-17(5,6)15(12)21-7/h8,10-11,15,20H,9H2,1-7H3/t15-,18-/m0/s1. The van der Waals surface area contributed by atoms with E-state index in [1.165, 1.54) is 0 Å². The molecule has 0 radical (unpaired) electrons. The molecule has 0 unspecified atom stereocenters. The van der Waals surface area contributed by atoms with Crippen LogP contribution >= 0.6 is 0 Å². The highest BCUT2D eigenvalue weighted by Gasteiger charge is 2.63. The molecule has 0 saturated carbocycles. The lowest BCUT2D eigenvalue weighted by atomic mass is 9.72. The molecule has 0 aromatic carbocycles. The minimum Gasteiger partial charge on any atom is -0.487 e. The largest absolute Gasteiger partial charge is 0.487 e. The van der Waals surface area contributed by atoms with Crippen LogP contribution in [0.4, 0.5) is 0 Å². The summed E-state index contributed by atoms with van der Waals surface area (Å²) in [6.45, 7) is 11.5. The molecule has 5 nitrogen and oxygen atoms in total. The van der Waals surface area contributed by atoms with E-state index in [-0.39, 0.29) is 35.2 Å². The number of Topliss-reactive ketones (excluding diaryl/α,β-unsaturated/α-hetero) is 1. The van der Waals surface area contributed by atoms with E-state index in [0.29, 0.717) is 5.57 Å². The highest BCUT2D eigenvalue weighted by Crippen LogP contribution is 2.51. The van der Waals surface area contributed by atoms with Crippen molar-refractivity contribution in [3.8, 4) is 0 Å². The third-order valence-corrected chi connectivity index (χ3v) is 4.27. The first-order valence-corrected chi connectivity index (χ1v) is 8.14. The van der Waals surface area contributed by atoms with Crippen LogP contribution in [-0.4, -0.2) is 41.9 Å². The van der Waals surface area contributed by atoms with E-state index >= 15 is 0 Å². The maximum Gasteiger partial charge on any atom is 0.244 e. The van der Waals surface area contributed by atoms with E-state index in [9.17, 15) is 9.90 Å². The minimum absolute atomic E-state index is 0.122. The fourth-order valence-corrected chi connectivity index (χ4v) is 3.24. The Balaban J connectivity index is 2.44. The molecule has 5 heteroatoms. The van der Waals surface area contributed by atoms with Crippen LogP contribution in [0, 0.1) is 5.41 Å². The van der Waals surface area contributed by atoms with Gasteiger partial charge in [0.25, 0.3) is 0 Å². The molecule has 1 N–H and O–H groups in total. The zero-order valence-electron chi connectivity index (χ0n) is 15.1. The van der Waals surface area contributed by atoms with Gasteiger partial charge in [-0.2, -0.15) is 0 Å². The Bertz CT molecular complexity index is 556. The second-order valence-corrected chi connectivity index (χ2v) is 7.50. The van der Waals surface area contributed by atoms with E-state index in [1.54, 1.807) is 7.11 Å². The van der Waals surface area contributed by atoms with Crippen molar-refractivity contribution in [2.75, 3.05) is 7.11 Å². The molecule has 0 saturated heterocycles. The number of ketones is 1. The van der Waals surface area contributed by atoms with Crippen LogP contribution in [0.1, 0.15) is 48.0 Å². The first-order chi connectivity index (χ1) is 10.6. The van der Waals surface area contributed by atoms with Crippen molar-refractivity contribution in [3.63, 3.8) is 0 Å². The normalized spacial score (nSPS) is 29.9. The topological polar surface area (TPSA) is 65.0 Å². The highest BCUT2D eigenvalue weighted by molar-refractivity contribution is 6.12. The molecular formula is C18H28O5. The Morgan fingerprint density at radius 3 is 2.22 bits per heavy atom. The highest BCUT2D eigenvalue weighted by atomic mass is 16.6. The van der Waals surface area contributed by atoms with Gasteiger partial charge in [0.15, 0.2) is 5.76 Å². The van der Waals surface area contributed by atoms with Gasteiger partial charge in [0.2, 0.25) is 17.1 Å². The molecule has 0 heterocycles. The summed E-state index contributed by atoms with van der Waals surface area (Å²) in [7, 11) is 1.59. The molecule has 0 bridgehead atoms. The predicted molar refractivity (Wildman–Crippen MR) is 86.7 cm³/mol. The van der Waals surface area contributed by atoms with E-state index in [0.717, 1.165) is 6.42 Å². The SMILES string of the molecule is CO[C@H]1C([C@]2(O)C(=O)C(OC(C)C)=C2OC(C)C)=CCC1(C)C. The molecule has 2 aliphatic carbocycles. The first kappa shape index (κ1) is 18.0. The van der Waals surface area contributed by atoms with Crippen molar-refractivity contribution < 1.29 is 24.1 Å². The molecule has 0 spiro atoms. The van der Waals surface area contributed by atoms with Crippen molar-refractivity contribution >= 4 is 5.78 Å². The second kappa shape index (κ2) is 5.95. The predicted octanol–water partition coefficient (Wildman–Crippen LogP) is 2.73. The van der Waals surface area contributed by atoms with Crippen molar-refractivity contribution in [1.29, 1.82) is 0 Å². The van der Waals surface area contributed by atoms with Crippen LogP contribution in [0.15, 0.2) is 23.2 Å². The average molecular weight is 324 g/mol. The van der Waals surface area contributed by atoms with Crippen LogP contribution in [0.5, 0.6) is 0 Å². The zero-order chi connectivity index (χ0) is 17.6. The van der Waals surface area contributed by atoms with Crippen molar-refractivity contribution in [2.45, 2.75) is 71.9 Å². The molecule has 23 heavy (non-hydrogen) atoms. The monoisotopic (exact) mass is 324 g/mol. The number of ether oxygens (including phenoxy) is 3. The molecule has 2 rings (SSSR count). The van der Waals surface area contributed by atoms with E-state index < -0.39 is 11.4 Å². The summed E-state index contributed by atoms with van der Waals surface area (Å²) in [5.74, 6) is -0.123. The number of carbonyl (C=O) groups is 1. The number of methoxy groups -OCH3 is 1. The van der Waals surface area contributed by atoms with Gasteiger partial charge in [-0.25, -0.2) is 0 Å². The van der Waals surface area contributed by atoms with Crippen LogP contribution in [0.25, 0.3) is 0 Å². The van der Waals surface area contributed by atoms with Gasteiger partial charge >= 0.3 is 0 Å². The molecular weight excluding hydrogens is 296 g/mol. The Morgan fingerprint density at radius 1 is 1.17 bits per heavy atom. The smallest absolute Gasteiger partial charge is 0.244 e. The summed E-state index contributed by atoms with van der Waals surface area (Å²) in [6.07, 6.45) is 1.93. The molecule has 0 aromatic rings. The quantitative estimate of drug-likeness (QED) is 0.761. The lowest BCUT2D eigenvalue weighted by Crippen LogP contribution is -2.57. The maximum absolute atomic E-state index is 12.7. The van der Waals surface area contributed by atoms with Gasteiger partial charge < -0.3 is 19.3 Å². The lowest BCUT2D eigenvalue weighted by Gasteiger charge is -2.43. The van der Waals surface area contributed by atoms with Crippen LogP contribution in [-0.2, 0) is 19.0 Å². The zero-order valence-corrected chi connectivity index (χ0v) is 15.1. The molecule has 0 amide bonds. The van der Waals surface area contributed by atoms with E-state index in [4.69, 9.17) is 14.2 Å². The Morgan fingerprint density at radius 2 is 1.74 bits per heavy atom. The molecule has 0 aliphatic heterocycles. The fourth-order valence-electron chi connectivity index (χ4n) is 3.24. The van der Waals surface area contributed by atoms with Gasteiger partial charge in [0.05, 0.1) is 18.3 Å². The van der Waals surface area contributed by atoms with Crippen LogP contribution < -0.4 is 0 Å². The number of rotatable bonds is 6. The van der Waals surface area contributed by atoms with Gasteiger partial charge in [-0.05, 0) is 39.5 Å². The molecule has 0 aromatic heterocycles. The molecule has 0 fully saturated rings. The number of carbonyl (C=O) groups excluding carboxylic acids is 1. The molecule has 2 atom stereocenters. The van der Waals surface area contributed by atoms with Gasteiger partial charge in [0, 0.05) is 12.7 Å². The van der Waals surface area contributed by atoms with E-state index in [2.05, 4.69) is 13.8 Å². The summed E-state index contributed by atoms with van der Waals surface area (Å²) in [5, 5.41) is 11.1. The Hall–Kier alpha value is -1.33. The lowest BCUT2D eigenvalue weighted by molar-refractivity contribution is -0.147. The average Bonchev–Trinajstić information content (AvgIpc) is 2.76. The van der Waals surface area contributed by atoms with Crippen LogP contribution in [0.3, 0.4) is 0 Å². The molecule has 130 valence electrons. The first-order valence-electron chi connectivity index (χ1n) is 8.14. The van der Waals surface area contributed by atoms with Gasteiger partial charge in [-0.15, -0.1) is 0 Å². The summed E-state index contributed by atoms with van der Waals surface area (Å²) in [5.41, 5.74) is -1.40. The minimum atomic E-state index is -1.77. The second-order valence-electron chi connectivity index (χ2n) is 7.50. The van der Waals surface area contributed by atoms with Crippen molar-refractivity contribution in [3.05, 3.63) is 23.2 Å². The van der Waals surface area contributed by atoms with Crippen LogP contribution in [0.2, 0.25) is 0 Å². The number of hydrogen-bond acceptors (Lipinski definition) is 5. The van der Waals surface area contributed by atoms with Gasteiger partial charge in [-0.3, -0.25) is 4.79 Å².